The summed E-state index contributed by atoms with van der Waals surface area (Å²) in [5, 5.41) is 11.0. The van der Waals surface area contributed by atoms with Crippen LogP contribution < -0.4 is 5.32 Å². The van der Waals surface area contributed by atoms with Crippen molar-refractivity contribution in [2.24, 2.45) is 0 Å². The number of aromatic nitrogens is 3. The molecule has 2 heterocycles. The predicted octanol–water partition coefficient (Wildman–Crippen LogP) is 2.45. The zero-order chi connectivity index (χ0) is 16.2. The largest absolute Gasteiger partial charge is 0.361 e. The Morgan fingerprint density at radius 1 is 1.26 bits per heavy atom. The van der Waals surface area contributed by atoms with Crippen LogP contribution in [0, 0.1) is 13.8 Å². The number of rotatable bonds is 5. The van der Waals surface area contributed by atoms with Crippen LogP contribution in [0.4, 0.5) is 0 Å². The zero-order valence-corrected chi connectivity index (χ0v) is 13.1. The van der Waals surface area contributed by atoms with Gasteiger partial charge in [-0.25, -0.2) is 4.68 Å². The van der Waals surface area contributed by atoms with Crippen molar-refractivity contribution in [3.63, 3.8) is 0 Å². The van der Waals surface area contributed by atoms with Crippen molar-refractivity contribution in [2.45, 2.75) is 20.3 Å². The smallest absolute Gasteiger partial charge is 0.256 e. The van der Waals surface area contributed by atoms with Gasteiger partial charge in [0.25, 0.3) is 5.91 Å². The van der Waals surface area contributed by atoms with Gasteiger partial charge in [0.2, 0.25) is 0 Å². The second kappa shape index (κ2) is 6.48. The molecule has 1 N–H and O–H groups in total. The molecule has 0 bridgehead atoms. The van der Waals surface area contributed by atoms with Gasteiger partial charge in [0.1, 0.15) is 11.3 Å². The molecular weight excluding hydrogens is 292 g/mol. The molecule has 0 unspecified atom stereocenters. The van der Waals surface area contributed by atoms with Gasteiger partial charge in [0, 0.05) is 12.7 Å². The number of benzene rings is 1. The summed E-state index contributed by atoms with van der Waals surface area (Å²) in [6.45, 7) is 4.03. The van der Waals surface area contributed by atoms with Crippen LogP contribution in [0.1, 0.15) is 27.4 Å². The van der Waals surface area contributed by atoms with Crippen LogP contribution in [-0.2, 0) is 6.42 Å². The van der Waals surface area contributed by atoms with Crippen LogP contribution in [0.2, 0.25) is 0 Å². The van der Waals surface area contributed by atoms with Crippen molar-refractivity contribution < 1.29 is 9.32 Å². The van der Waals surface area contributed by atoms with Crippen LogP contribution in [0.25, 0.3) is 5.69 Å². The van der Waals surface area contributed by atoms with E-state index in [9.17, 15) is 4.79 Å². The summed E-state index contributed by atoms with van der Waals surface area (Å²) in [6, 6.07) is 9.91. The van der Waals surface area contributed by atoms with E-state index in [0.717, 1.165) is 11.3 Å². The highest BCUT2D eigenvalue weighted by Gasteiger charge is 2.16. The highest BCUT2D eigenvalue weighted by molar-refractivity contribution is 5.96. The number of aryl methyl sites for hydroxylation is 2. The Hall–Kier alpha value is -2.89. The molecule has 0 radical (unpaired) electrons. The summed E-state index contributed by atoms with van der Waals surface area (Å²) in [7, 11) is 0. The molecule has 3 aromatic rings. The third-order valence-electron chi connectivity index (χ3n) is 3.62. The Morgan fingerprint density at radius 2 is 2.04 bits per heavy atom. The molecule has 6 nitrogen and oxygen atoms in total. The number of nitrogens with zero attached hydrogens (tertiary/aromatic N) is 3. The number of nitrogens with one attached hydrogen (secondary N) is 1. The highest BCUT2D eigenvalue weighted by Crippen LogP contribution is 2.12. The third-order valence-corrected chi connectivity index (χ3v) is 3.62. The van der Waals surface area contributed by atoms with Gasteiger partial charge in [-0.15, -0.1) is 0 Å². The van der Waals surface area contributed by atoms with E-state index in [4.69, 9.17) is 4.52 Å². The first-order chi connectivity index (χ1) is 11.1. The number of carbonyl (C=O) groups is 1. The van der Waals surface area contributed by atoms with Crippen molar-refractivity contribution in [3.05, 3.63) is 65.3 Å². The molecule has 0 aliphatic heterocycles. The lowest BCUT2D eigenvalue weighted by atomic mass is 10.2. The molecule has 0 spiro atoms. The maximum atomic E-state index is 12.1. The molecule has 6 heteroatoms. The molecule has 3 rings (SSSR count). The van der Waals surface area contributed by atoms with Crippen molar-refractivity contribution in [3.8, 4) is 5.69 Å². The Balaban J connectivity index is 1.57. The Kier molecular flexibility index (Phi) is 4.23. The molecule has 23 heavy (non-hydrogen) atoms. The average molecular weight is 310 g/mol. The fourth-order valence-corrected chi connectivity index (χ4v) is 2.43. The van der Waals surface area contributed by atoms with Crippen molar-refractivity contribution in [1.82, 2.24) is 20.3 Å². The normalized spacial score (nSPS) is 10.7. The molecule has 1 aromatic carbocycles. The first-order valence-corrected chi connectivity index (χ1v) is 7.45. The Bertz CT molecular complexity index is 786. The van der Waals surface area contributed by atoms with Crippen molar-refractivity contribution >= 4 is 5.91 Å². The van der Waals surface area contributed by atoms with Crippen molar-refractivity contribution in [1.29, 1.82) is 0 Å². The molecule has 1 amide bonds. The van der Waals surface area contributed by atoms with Gasteiger partial charge in [0.15, 0.2) is 0 Å². The van der Waals surface area contributed by atoms with E-state index in [-0.39, 0.29) is 5.91 Å². The number of hydrogen-bond donors (Lipinski definition) is 1. The summed E-state index contributed by atoms with van der Waals surface area (Å²) >= 11 is 0. The van der Waals surface area contributed by atoms with Gasteiger partial charge in [-0.1, -0.05) is 23.4 Å². The quantitative estimate of drug-likeness (QED) is 0.785. The molecular formula is C17H18N4O2. The van der Waals surface area contributed by atoms with Crippen LogP contribution in [0.15, 0.2) is 47.2 Å². The molecule has 0 atom stereocenters. The van der Waals surface area contributed by atoms with E-state index in [0.29, 0.717) is 30.0 Å². The van der Waals surface area contributed by atoms with Gasteiger partial charge in [-0.2, -0.15) is 5.10 Å². The summed E-state index contributed by atoms with van der Waals surface area (Å²) in [4.78, 5) is 12.1. The molecule has 0 saturated carbocycles. The lowest BCUT2D eigenvalue weighted by Crippen LogP contribution is -2.26. The van der Waals surface area contributed by atoms with Crippen LogP contribution in [-0.4, -0.2) is 27.4 Å². The Labute approximate surface area is 134 Å². The lowest BCUT2D eigenvalue weighted by molar-refractivity contribution is 0.0952. The van der Waals surface area contributed by atoms with Crippen LogP contribution >= 0.6 is 0 Å². The van der Waals surface area contributed by atoms with Crippen LogP contribution in [0.5, 0.6) is 0 Å². The molecule has 0 aliphatic rings. The maximum Gasteiger partial charge on any atom is 0.256 e. The second-order valence-electron chi connectivity index (χ2n) is 5.33. The molecule has 118 valence electrons. The molecule has 0 fully saturated rings. The van der Waals surface area contributed by atoms with Gasteiger partial charge >= 0.3 is 0 Å². The maximum absolute atomic E-state index is 12.1. The number of carbonyl (C=O) groups excluding carboxylic acids is 1. The number of para-hydroxylation sites is 1. The summed E-state index contributed by atoms with van der Waals surface area (Å²) in [5.74, 6) is 0.383. The topological polar surface area (TPSA) is 73.0 Å². The van der Waals surface area contributed by atoms with E-state index >= 15 is 0 Å². The fraction of sp³-hybridized carbons (Fsp3) is 0.235. The lowest BCUT2D eigenvalue weighted by Gasteiger charge is -2.03. The zero-order valence-electron chi connectivity index (χ0n) is 13.1. The summed E-state index contributed by atoms with van der Waals surface area (Å²) in [5.41, 5.74) is 3.20. The minimum Gasteiger partial charge on any atom is -0.361 e. The minimum absolute atomic E-state index is 0.156. The first-order valence-electron chi connectivity index (χ1n) is 7.45. The van der Waals surface area contributed by atoms with E-state index < -0.39 is 0 Å². The number of amides is 1. The van der Waals surface area contributed by atoms with E-state index in [2.05, 4.69) is 15.6 Å². The number of hydrogen-bond acceptors (Lipinski definition) is 4. The van der Waals surface area contributed by atoms with Gasteiger partial charge < -0.3 is 9.84 Å². The third kappa shape index (κ3) is 3.31. The van der Waals surface area contributed by atoms with Gasteiger partial charge in [-0.05, 0) is 38.0 Å². The van der Waals surface area contributed by atoms with E-state index in [1.165, 1.54) is 0 Å². The van der Waals surface area contributed by atoms with E-state index in [1.54, 1.807) is 13.8 Å². The fourth-order valence-electron chi connectivity index (χ4n) is 2.43. The van der Waals surface area contributed by atoms with Crippen molar-refractivity contribution in [2.75, 3.05) is 6.54 Å². The molecule has 0 aliphatic carbocycles. The average Bonchev–Trinajstić information content (AvgIpc) is 3.15. The van der Waals surface area contributed by atoms with Gasteiger partial charge in [-0.3, -0.25) is 4.79 Å². The Morgan fingerprint density at radius 3 is 2.74 bits per heavy atom. The summed E-state index contributed by atoms with van der Waals surface area (Å²) in [6.07, 6.45) is 4.49. The predicted molar refractivity (Wildman–Crippen MR) is 85.6 cm³/mol. The standard InChI is InChI=1S/C17H18N4O2/c1-12-16(13(2)23-20-12)17(22)18-9-8-14-10-19-21(11-14)15-6-4-3-5-7-15/h3-7,10-11H,8-9H2,1-2H3,(H,18,22). The molecule has 0 saturated heterocycles. The SMILES string of the molecule is Cc1noc(C)c1C(=O)NCCc1cnn(-c2ccccc2)c1. The second-order valence-corrected chi connectivity index (χ2v) is 5.33. The van der Waals surface area contributed by atoms with Crippen LogP contribution in [0.3, 0.4) is 0 Å². The van der Waals surface area contributed by atoms with Gasteiger partial charge in [0.05, 0.1) is 17.6 Å². The summed E-state index contributed by atoms with van der Waals surface area (Å²) < 4.78 is 6.83. The minimum atomic E-state index is -0.156. The first kappa shape index (κ1) is 15.0. The van der Waals surface area contributed by atoms with E-state index in [1.807, 2.05) is 47.4 Å². The monoisotopic (exact) mass is 310 g/mol. The molecule has 2 aromatic heterocycles. The highest BCUT2D eigenvalue weighted by atomic mass is 16.5.